The van der Waals surface area contributed by atoms with Crippen LogP contribution >= 0.6 is 0 Å². The molecule has 0 aliphatic heterocycles. The van der Waals surface area contributed by atoms with Crippen molar-refractivity contribution in [3.8, 4) is 5.75 Å². The Kier molecular flexibility index (Phi) is 5.92. The van der Waals surface area contributed by atoms with Crippen LogP contribution in [0.1, 0.15) is 47.1 Å². The maximum Gasteiger partial charge on any atom is 0.410 e. The lowest BCUT2D eigenvalue weighted by Gasteiger charge is -2.37. The summed E-state index contributed by atoms with van der Waals surface area (Å²) < 4.78 is 5.49. The number of benzene rings is 1. The molecular formula is C18H30N2O3. The first-order chi connectivity index (χ1) is 10.4. The number of phenolic OH excluding ortho intramolecular Hbond substituents is 1. The number of anilines is 1. The van der Waals surface area contributed by atoms with Crippen LogP contribution in [0.25, 0.3) is 0 Å². The average Bonchev–Trinajstić information content (AvgIpc) is 2.32. The first kappa shape index (κ1) is 19.1. The second kappa shape index (κ2) is 7.11. The SMILES string of the molecule is Cc1cc(O)ccc1NCCN(C(=O)OC(C)(C)C)C(C)(C)C. The van der Waals surface area contributed by atoms with Crippen LogP contribution in [0.15, 0.2) is 18.2 Å². The van der Waals surface area contributed by atoms with Crippen LogP contribution in [0.3, 0.4) is 0 Å². The zero-order valence-electron chi connectivity index (χ0n) is 15.4. The van der Waals surface area contributed by atoms with E-state index in [9.17, 15) is 9.90 Å². The zero-order valence-corrected chi connectivity index (χ0v) is 15.4. The maximum absolute atomic E-state index is 12.4. The molecule has 0 bridgehead atoms. The van der Waals surface area contributed by atoms with Crippen molar-refractivity contribution in [1.29, 1.82) is 0 Å². The van der Waals surface area contributed by atoms with E-state index < -0.39 is 5.60 Å². The Labute approximate surface area is 139 Å². The van der Waals surface area contributed by atoms with E-state index in [2.05, 4.69) is 5.32 Å². The Morgan fingerprint density at radius 3 is 2.30 bits per heavy atom. The van der Waals surface area contributed by atoms with E-state index in [0.29, 0.717) is 13.1 Å². The number of nitrogens with zero attached hydrogens (tertiary/aromatic N) is 1. The first-order valence-corrected chi connectivity index (χ1v) is 7.94. The van der Waals surface area contributed by atoms with Gasteiger partial charge in [0.05, 0.1) is 0 Å². The third kappa shape index (κ3) is 6.38. The Bertz CT molecular complexity index is 542. The van der Waals surface area contributed by atoms with Gasteiger partial charge in [-0.2, -0.15) is 0 Å². The topological polar surface area (TPSA) is 61.8 Å². The normalized spacial score (nSPS) is 12.0. The quantitative estimate of drug-likeness (QED) is 0.818. The molecule has 1 aromatic rings. The van der Waals surface area contributed by atoms with Gasteiger partial charge in [-0.15, -0.1) is 0 Å². The second-order valence-corrected chi connectivity index (χ2v) is 7.73. The number of hydrogen-bond acceptors (Lipinski definition) is 4. The van der Waals surface area contributed by atoms with Crippen LogP contribution in [0.2, 0.25) is 0 Å². The molecule has 0 saturated heterocycles. The lowest BCUT2D eigenvalue weighted by Crippen LogP contribution is -2.49. The van der Waals surface area contributed by atoms with Gasteiger partial charge >= 0.3 is 6.09 Å². The summed E-state index contributed by atoms with van der Waals surface area (Å²) in [6.45, 7) is 14.6. The summed E-state index contributed by atoms with van der Waals surface area (Å²) in [7, 11) is 0. The summed E-state index contributed by atoms with van der Waals surface area (Å²) in [6.07, 6.45) is -0.311. The highest BCUT2D eigenvalue weighted by Gasteiger charge is 2.30. The Balaban J connectivity index is 2.70. The molecule has 0 saturated carbocycles. The van der Waals surface area contributed by atoms with E-state index in [1.54, 1.807) is 17.0 Å². The summed E-state index contributed by atoms with van der Waals surface area (Å²) in [6, 6.07) is 5.18. The molecule has 1 aromatic carbocycles. The van der Waals surface area contributed by atoms with Gasteiger partial charge in [0.15, 0.2) is 0 Å². The van der Waals surface area contributed by atoms with Gasteiger partial charge < -0.3 is 20.1 Å². The number of amides is 1. The average molecular weight is 322 g/mol. The van der Waals surface area contributed by atoms with Crippen molar-refractivity contribution >= 4 is 11.8 Å². The minimum atomic E-state index is -0.512. The third-order valence-electron chi connectivity index (χ3n) is 3.28. The van der Waals surface area contributed by atoms with Crippen molar-refractivity contribution < 1.29 is 14.6 Å². The molecule has 0 spiro atoms. The summed E-state index contributed by atoms with van der Waals surface area (Å²) >= 11 is 0. The number of carbonyl (C=O) groups excluding carboxylic acids is 1. The van der Waals surface area contributed by atoms with Gasteiger partial charge in [0.2, 0.25) is 0 Å². The second-order valence-electron chi connectivity index (χ2n) is 7.73. The molecule has 5 heteroatoms. The van der Waals surface area contributed by atoms with E-state index in [-0.39, 0.29) is 17.4 Å². The number of aryl methyl sites for hydroxylation is 1. The molecule has 0 atom stereocenters. The van der Waals surface area contributed by atoms with Gasteiger partial charge in [0.25, 0.3) is 0 Å². The fourth-order valence-electron chi connectivity index (χ4n) is 2.17. The summed E-state index contributed by atoms with van der Waals surface area (Å²) in [5, 5.41) is 12.7. The Morgan fingerprint density at radius 1 is 1.22 bits per heavy atom. The molecule has 0 aliphatic carbocycles. The molecule has 5 nitrogen and oxygen atoms in total. The molecule has 0 aromatic heterocycles. The molecule has 2 N–H and O–H groups in total. The highest BCUT2D eigenvalue weighted by molar-refractivity contribution is 5.69. The van der Waals surface area contributed by atoms with E-state index in [1.165, 1.54) is 0 Å². The maximum atomic E-state index is 12.4. The van der Waals surface area contributed by atoms with Crippen molar-refractivity contribution in [2.75, 3.05) is 18.4 Å². The van der Waals surface area contributed by atoms with Crippen LogP contribution in [-0.4, -0.2) is 40.3 Å². The molecular weight excluding hydrogens is 292 g/mol. The van der Waals surface area contributed by atoms with Crippen molar-refractivity contribution in [1.82, 2.24) is 4.90 Å². The van der Waals surface area contributed by atoms with Crippen LogP contribution in [0.5, 0.6) is 5.75 Å². The monoisotopic (exact) mass is 322 g/mol. The van der Waals surface area contributed by atoms with Gasteiger partial charge in [-0.1, -0.05) is 0 Å². The molecule has 0 heterocycles. The van der Waals surface area contributed by atoms with Gasteiger partial charge in [-0.05, 0) is 72.2 Å². The molecule has 130 valence electrons. The van der Waals surface area contributed by atoms with Crippen molar-refractivity contribution in [2.24, 2.45) is 0 Å². The largest absolute Gasteiger partial charge is 0.508 e. The van der Waals surface area contributed by atoms with Gasteiger partial charge in [-0.25, -0.2) is 4.79 Å². The predicted molar refractivity (Wildman–Crippen MR) is 94.0 cm³/mol. The number of hydrogen-bond donors (Lipinski definition) is 2. The Hall–Kier alpha value is -1.91. The van der Waals surface area contributed by atoms with Crippen LogP contribution in [0.4, 0.5) is 10.5 Å². The van der Waals surface area contributed by atoms with E-state index >= 15 is 0 Å². The molecule has 23 heavy (non-hydrogen) atoms. The highest BCUT2D eigenvalue weighted by Crippen LogP contribution is 2.21. The number of aromatic hydroxyl groups is 1. The van der Waals surface area contributed by atoms with Crippen LogP contribution in [0, 0.1) is 6.92 Å². The highest BCUT2D eigenvalue weighted by atomic mass is 16.6. The molecule has 1 amide bonds. The van der Waals surface area contributed by atoms with Crippen molar-refractivity contribution in [2.45, 2.75) is 59.6 Å². The van der Waals surface area contributed by atoms with E-state index in [1.807, 2.05) is 54.5 Å². The molecule has 0 fully saturated rings. The van der Waals surface area contributed by atoms with Crippen molar-refractivity contribution in [3.05, 3.63) is 23.8 Å². The summed E-state index contributed by atoms with van der Waals surface area (Å²) in [4.78, 5) is 14.1. The Morgan fingerprint density at radius 2 is 1.83 bits per heavy atom. The van der Waals surface area contributed by atoms with Gasteiger partial charge in [0, 0.05) is 24.3 Å². The predicted octanol–water partition coefficient (Wildman–Crippen LogP) is 4.15. The zero-order chi connectivity index (χ0) is 17.8. The summed E-state index contributed by atoms with van der Waals surface area (Å²) in [5.74, 6) is 0.248. The van der Waals surface area contributed by atoms with E-state index in [0.717, 1.165) is 11.3 Å². The van der Waals surface area contributed by atoms with Crippen LogP contribution in [-0.2, 0) is 4.74 Å². The molecule has 0 aliphatic rings. The number of rotatable bonds is 4. The molecule has 1 rings (SSSR count). The van der Waals surface area contributed by atoms with Gasteiger partial charge in [0.1, 0.15) is 11.4 Å². The fraction of sp³-hybridized carbons (Fsp3) is 0.611. The van der Waals surface area contributed by atoms with Crippen molar-refractivity contribution in [3.63, 3.8) is 0 Å². The smallest absolute Gasteiger partial charge is 0.410 e. The minimum Gasteiger partial charge on any atom is -0.508 e. The third-order valence-corrected chi connectivity index (χ3v) is 3.28. The molecule has 0 unspecified atom stereocenters. The molecule has 0 radical (unpaired) electrons. The fourth-order valence-corrected chi connectivity index (χ4v) is 2.17. The van der Waals surface area contributed by atoms with Crippen LogP contribution < -0.4 is 5.32 Å². The lowest BCUT2D eigenvalue weighted by molar-refractivity contribution is 0.00749. The number of carbonyl (C=O) groups is 1. The van der Waals surface area contributed by atoms with E-state index in [4.69, 9.17) is 4.74 Å². The van der Waals surface area contributed by atoms with Gasteiger partial charge in [-0.3, -0.25) is 0 Å². The number of nitrogens with one attached hydrogen (secondary N) is 1. The lowest BCUT2D eigenvalue weighted by atomic mass is 10.1. The summed E-state index contributed by atoms with van der Waals surface area (Å²) in [5.41, 5.74) is 1.07. The first-order valence-electron chi connectivity index (χ1n) is 7.94. The standard InChI is InChI=1S/C18H30N2O3/c1-13-12-14(21)8-9-15(13)19-10-11-20(17(2,3)4)16(22)23-18(5,6)7/h8-9,12,19,21H,10-11H2,1-7H3. The number of ether oxygens (including phenoxy) is 1. The minimum absolute atomic E-state index is 0.248. The number of phenols is 1.